The van der Waals surface area contributed by atoms with Crippen LogP contribution in [-0.2, 0) is 23.9 Å². The number of ether oxygens (including phenoxy) is 3. The van der Waals surface area contributed by atoms with Gasteiger partial charge in [-0.2, -0.15) is 0 Å². The minimum atomic E-state index is -1.03. The molecule has 1 fully saturated rings. The van der Waals surface area contributed by atoms with E-state index >= 15 is 0 Å². The van der Waals surface area contributed by atoms with Gasteiger partial charge >= 0.3 is 0 Å². The van der Waals surface area contributed by atoms with Gasteiger partial charge in [0.1, 0.15) is 24.1 Å². The van der Waals surface area contributed by atoms with Crippen LogP contribution in [0.15, 0.2) is 97.1 Å². The number of phenolic OH excluding ortho intramolecular Hbond substituents is 1. The Labute approximate surface area is 337 Å². The standard InChI is InChI=1S/C45H48N4O9/c1-3-35(30-8-5-4-6-9-30)41(31-12-16-33(50)17-13-31)32-14-18-34(19-15-32)58-27-24-48(2)40(52)22-25-56-28-29-57-26-23-46-37-11-7-10-36-42(37)45(55)49(44(36)54)38-20-21-39(51)47-43(38)53/h4-19,38,46,50H,3,20-29H2,1-2H3,(H,47,51,53)/b41-35-. The summed E-state index contributed by atoms with van der Waals surface area (Å²) in [7, 11) is 1.73. The van der Waals surface area contributed by atoms with Crippen molar-refractivity contribution in [3.8, 4) is 11.5 Å². The van der Waals surface area contributed by atoms with Crippen molar-refractivity contribution in [2.45, 2.75) is 38.6 Å². The number of rotatable bonds is 19. The Morgan fingerprint density at radius 1 is 0.810 bits per heavy atom. The number of aromatic hydroxyl groups is 1. The van der Waals surface area contributed by atoms with Crippen LogP contribution >= 0.6 is 0 Å². The molecule has 0 bridgehead atoms. The van der Waals surface area contributed by atoms with E-state index in [0.717, 1.165) is 33.6 Å². The van der Waals surface area contributed by atoms with Crippen molar-refractivity contribution in [3.05, 3.63) is 125 Å². The van der Waals surface area contributed by atoms with Crippen LogP contribution in [0.2, 0.25) is 0 Å². The fourth-order valence-electron chi connectivity index (χ4n) is 7.04. The number of carbonyl (C=O) groups is 5. The summed E-state index contributed by atoms with van der Waals surface area (Å²) < 4.78 is 17.2. The predicted octanol–water partition coefficient (Wildman–Crippen LogP) is 5.54. The first-order valence-corrected chi connectivity index (χ1v) is 19.4. The van der Waals surface area contributed by atoms with E-state index < -0.39 is 29.7 Å². The molecule has 1 saturated heterocycles. The Morgan fingerprint density at radius 3 is 2.19 bits per heavy atom. The molecular weight excluding hydrogens is 741 g/mol. The van der Waals surface area contributed by atoms with Crippen LogP contribution in [0.5, 0.6) is 11.5 Å². The fraction of sp³-hybridized carbons (Fsp3) is 0.311. The van der Waals surface area contributed by atoms with Gasteiger partial charge in [-0.1, -0.05) is 67.6 Å². The van der Waals surface area contributed by atoms with Gasteiger partial charge in [0.2, 0.25) is 17.7 Å². The van der Waals surface area contributed by atoms with Crippen LogP contribution in [0.1, 0.15) is 70.0 Å². The van der Waals surface area contributed by atoms with Gasteiger partial charge in [0.15, 0.2) is 0 Å². The molecule has 13 heteroatoms. The third kappa shape index (κ3) is 9.97. The Hall–Kier alpha value is -6.31. The summed E-state index contributed by atoms with van der Waals surface area (Å²) in [5, 5.41) is 15.2. The lowest BCUT2D eigenvalue weighted by atomic mass is 9.88. The van der Waals surface area contributed by atoms with Gasteiger partial charge in [-0.25, -0.2) is 0 Å². The minimum absolute atomic E-state index is 0.0523. The number of likely N-dealkylation sites (N-methyl/N-ethyl adjacent to an activating group) is 1. The van der Waals surface area contributed by atoms with Gasteiger partial charge in [0.05, 0.1) is 50.5 Å². The maximum Gasteiger partial charge on any atom is 0.264 e. The number of allylic oxidation sites excluding steroid dienone is 1. The first-order valence-electron chi connectivity index (χ1n) is 19.4. The molecule has 13 nitrogen and oxygen atoms in total. The van der Waals surface area contributed by atoms with E-state index in [-0.39, 0.29) is 48.7 Å². The molecule has 4 aromatic carbocycles. The van der Waals surface area contributed by atoms with Crippen LogP contribution in [0.25, 0.3) is 11.1 Å². The summed E-state index contributed by atoms with van der Waals surface area (Å²) >= 11 is 0. The second kappa shape index (κ2) is 19.7. The Bertz CT molecular complexity index is 2140. The molecule has 0 aliphatic carbocycles. The number of hydrogen-bond donors (Lipinski definition) is 3. The highest BCUT2D eigenvalue weighted by atomic mass is 16.5. The Kier molecular flexibility index (Phi) is 14.0. The Balaban J connectivity index is 0.879. The highest BCUT2D eigenvalue weighted by Gasteiger charge is 2.45. The number of piperidine rings is 1. The van der Waals surface area contributed by atoms with Crippen LogP contribution < -0.4 is 15.4 Å². The summed E-state index contributed by atoms with van der Waals surface area (Å²) in [4.78, 5) is 65.4. The van der Waals surface area contributed by atoms with Gasteiger partial charge in [-0.3, -0.25) is 34.2 Å². The zero-order valence-corrected chi connectivity index (χ0v) is 32.7. The second-order valence-corrected chi connectivity index (χ2v) is 13.9. The molecule has 0 radical (unpaired) electrons. The highest BCUT2D eigenvalue weighted by molar-refractivity contribution is 6.25. The molecule has 0 aromatic heterocycles. The van der Waals surface area contributed by atoms with Crippen LogP contribution in [0, 0.1) is 0 Å². The number of anilines is 1. The largest absolute Gasteiger partial charge is 0.508 e. The summed E-state index contributed by atoms with van der Waals surface area (Å²) in [6, 6.07) is 29.3. The molecule has 6 rings (SSSR count). The molecule has 2 heterocycles. The Morgan fingerprint density at radius 2 is 1.50 bits per heavy atom. The lowest BCUT2D eigenvalue weighted by molar-refractivity contribution is -0.136. The lowest BCUT2D eigenvalue weighted by Crippen LogP contribution is -2.54. The fourth-order valence-corrected chi connectivity index (χ4v) is 7.04. The number of hydrogen-bond acceptors (Lipinski definition) is 10. The average molecular weight is 789 g/mol. The van der Waals surface area contributed by atoms with Crippen LogP contribution in [-0.4, -0.2) is 104 Å². The summed E-state index contributed by atoms with van der Waals surface area (Å²) in [6.45, 7) is 4.33. The SMILES string of the molecule is CC/C(=C(\c1ccc(O)cc1)c1ccc(OCCN(C)C(=O)CCOCCOCCNc2cccc3c2C(=O)N(C2CCC(=O)NC2=O)C3=O)cc1)c1ccccc1. The third-order valence-corrected chi connectivity index (χ3v) is 10.1. The quantitative estimate of drug-likeness (QED) is 0.0625. The maximum atomic E-state index is 13.2. The monoisotopic (exact) mass is 788 g/mol. The van der Waals surface area contributed by atoms with Crippen molar-refractivity contribution in [1.82, 2.24) is 15.1 Å². The van der Waals surface area contributed by atoms with Gasteiger partial charge in [0.25, 0.3) is 11.8 Å². The molecule has 2 aliphatic heterocycles. The van der Waals surface area contributed by atoms with Crippen molar-refractivity contribution >= 4 is 46.4 Å². The van der Waals surface area contributed by atoms with Crippen molar-refractivity contribution in [3.63, 3.8) is 0 Å². The van der Waals surface area contributed by atoms with E-state index in [4.69, 9.17) is 14.2 Å². The number of fused-ring (bicyclic) bond motifs is 1. The van der Waals surface area contributed by atoms with Crippen molar-refractivity contribution < 1.29 is 43.3 Å². The maximum absolute atomic E-state index is 13.2. The van der Waals surface area contributed by atoms with E-state index in [0.29, 0.717) is 51.0 Å². The van der Waals surface area contributed by atoms with Gasteiger partial charge in [-0.15, -0.1) is 0 Å². The number of carbonyl (C=O) groups excluding carboxylic acids is 5. The smallest absolute Gasteiger partial charge is 0.264 e. The zero-order chi connectivity index (χ0) is 41.0. The molecule has 58 heavy (non-hydrogen) atoms. The number of phenols is 1. The van der Waals surface area contributed by atoms with Crippen molar-refractivity contribution in [2.75, 3.05) is 58.5 Å². The summed E-state index contributed by atoms with van der Waals surface area (Å²) in [5.41, 5.74) is 6.30. The first kappa shape index (κ1) is 41.3. The lowest BCUT2D eigenvalue weighted by Gasteiger charge is -2.27. The van der Waals surface area contributed by atoms with Crippen LogP contribution in [0.3, 0.4) is 0 Å². The first-order chi connectivity index (χ1) is 28.2. The zero-order valence-electron chi connectivity index (χ0n) is 32.7. The summed E-state index contributed by atoms with van der Waals surface area (Å²) in [6.07, 6.45) is 1.17. The number of nitrogens with one attached hydrogen (secondary N) is 2. The molecule has 4 aromatic rings. The molecule has 1 atom stereocenters. The normalized spacial score (nSPS) is 15.5. The molecule has 3 N–H and O–H groups in total. The molecular formula is C45H48N4O9. The number of benzene rings is 4. The predicted molar refractivity (Wildman–Crippen MR) is 218 cm³/mol. The van der Waals surface area contributed by atoms with Crippen molar-refractivity contribution in [1.29, 1.82) is 0 Å². The molecule has 5 amide bonds. The van der Waals surface area contributed by atoms with Crippen molar-refractivity contribution in [2.24, 2.45) is 0 Å². The molecule has 0 spiro atoms. The highest BCUT2D eigenvalue weighted by Crippen LogP contribution is 2.36. The van der Waals surface area contributed by atoms with E-state index in [1.54, 1.807) is 42.3 Å². The molecule has 2 aliphatic rings. The average Bonchev–Trinajstić information content (AvgIpc) is 3.49. The molecule has 302 valence electrons. The number of nitrogens with zero attached hydrogens (tertiary/aromatic N) is 2. The van der Waals surface area contributed by atoms with Gasteiger partial charge in [-0.05, 0) is 77.1 Å². The third-order valence-electron chi connectivity index (χ3n) is 10.1. The van der Waals surface area contributed by atoms with E-state index in [1.807, 2.05) is 54.6 Å². The van der Waals surface area contributed by atoms with E-state index in [1.165, 1.54) is 5.57 Å². The van der Waals surface area contributed by atoms with Crippen LogP contribution in [0.4, 0.5) is 5.69 Å². The van der Waals surface area contributed by atoms with E-state index in [9.17, 15) is 29.1 Å². The van der Waals surface area contributed by atoms with Gasteiger partial charge in [0, 0.05) is 25.7 Å². The van der Waals surface area contributed by atoms with Gasteiger partial charge < -0.3 is 29.5 Å². The molecule has 1 unspecified atom stereocenters. The summed E-state index contributed by atoms with van der Waals surface area (Å²) in [5.74, 6) is -1.39. The second-order valence-electron chi connectivity index (χ2n) is 13.9. The topological polar surface area (TPSA) is 164 Å². The minimum Gasteiger partial charge on any atom is -0.508 e. The molecule has 0 saturated carbocycles. The van der Waals surface area contributed by atoms with E-state index in [2.05, 4.69) is 29.7 Å². The number of amides is 5. The number of imide groups is 2.